The highest BCUT2D eigenvalue weighted by atomic mass is 79.9. The molecular weight excluding hydrogens is 232 g/mol. The molecule has 0 saturated heterocycles. The molecule has 0 radical (unpaired) electrons. The first kappa shape index (κ1) is 8.70. The Hall–Kier alpha value is 0.700. The van der Waals surface area contributed by atoms with Crippen LogP contribution in [0.15, 0.2) is 12.7 Å². The van der Waals surface area contributed by atoms with Crippen LogP contribution in [0.4, 0.5) is 0 Å². The molecule has 0 heterocycles. The summed E-state index contributed by atoms with van der Waals surface area (Å²) in [5.41, 5.74) is 0. The zero-order valence-corrected chi connectivity index (χ0v) is 8.13. The van der Waals surface area contributed by atoms with Crippen molar-refractivity contribution in [3.8, 4) is 0 Å². The van der Waals surface area contributed by atoms with Crippen LogP contribution in [0.25, 0.3) is 0 Å². The lowest BCUT2D eigenvalue weighted by Crippen LogP contribution is -2.15. The predicted molar refractivity (Wildman–Crippen MR) is 45.9 cm³/mol. The Morgan fingerprint density at radius 2 is 2.25 bits per heavy atom. The molecule has 2 heteroatoms. The number of hydrogen-bond donors (Lipinski definition) is 0. The molecule has 8 heavy (non-hydrogen) atoms. The van der Waals surface area contributed by atoms with Crippen LogP contribution < -0.4 is 0 Å². The Labute approximate surface area is 67.6 Å². The minimum absolute atomic E-state index is 0.203. The van der Waals surface area contributed by atoms with Gasteiger partial charge in [0.2, 0.25) is 0 Å². The van der Waals surface area contributed by atoms with Crippen LogP contribution in [0.2, 0.25) is 0 Å². The van der Waals surface area contributed by atoms with E-state index in [0.29, 0.717) is 0 Å². The Morgan fingerprint density at radius 1 is 1.75 bits per heavy atom. The summed E-state index contributed by atoms with van der Waals surface area (Å²) in [5, 5.41) is 0.964. The average molecular weight is 242 g/mol. The highest BCUT2D eigenvalue weighted by Gasteiger charge is 2.14. The van der Waals surface area contributed by atoms with E-state index < -0.39 is 0 Å². The van der Waals surface area contributed by atoms with Crippen molar-refractivity contribution < 1.29 is 0 Å². The van der Waals surface area contributed by atoms with Crippen molar-refractivity contribution in [2.75, 3.05) is 5.33 Å². The van der Waals surface area contributed by atoms with Crippen LogP contribution in [0, 0.1) is 0 Å². The SMILES string of the molecule is C=CCC(C)(Br)CBr. The van der Waals surface area contributed by atoms with E-state index in [4.69, 9.17) is 0 Å². The second-order valence-corrected chi connectivity index (χ2v) is 4.51. The molecule has 0 aliphatic heterocycles. The van der Waals surface area contributed by atoms with Gasteiger partial charge in [-0.3, -0.25) is 0 Å². The second kappa shape index (κ2) is 3.67. The normalized spacial score (nSPS) is 17.4. The third-order valence-electron chi connectivity index (χ3n) is 0.849. The first-order valence-electron chi connectivity index (χ1n) is 2.48. The van der Waals surface area contributed by atoms with E-state index in [1.807, 2.05) is 6.08 Å². The van der Waals surface area contributed by atoms with Gasteiger partial charge in [0.15, 0.2) is 0 Å². The lowest BCUT2D eigenvalue weighted by Gasteiger charge is -2.15. The molecule has 0 saturated carbocycles. The molecular formula is C6H10Br2. The molecule has 0 bridgehead atoms. The van der Waals surface area contributed by atoms with Gasteiger partial charge < -0.3 is 0 Å². The van der Waals surface area contributed by atoms with Gasteiger partial charge in [0.1, 0.15) is 0 Å². The summed E-state index contributed by atoms with van der Waals surface area (Å²) >= 11 is 6.90. The van der Waals surface area contributed by atoms with E-state index in [1.54, 1.807) is 0 Å². The summed E-state index contributed by atoms with van der Waals surface area (Å²) in [6.07, 6.45) is 2.91. The molecule has 0 fully saturated rings. The largest absolute Gasteiger partial charge is 0.103 e. The Balaban J connectivity index is 3.53. The van der Waals surface area contributed by atoms with Crippen molar-refractivity contribution in [3.63, 3.8) is 0 Å². The summed E-state index contributed by atoms with van der Waals surface area (Å²) < 4.78 is 0.203. The highest BCUT2D eigenvalue weighted by molar-refractivity contribution is 9.12. The summed E-state index contributed by atoms with van der Waals surface area (Å²) in [6.45, 7) is 5.77. The van der Waals surface area contributed by atoms with Crippen molar-refractivity contribution in [2.45, 2.75) is 17.7 Å². The van der Waals surface area contributed by atoms with E-state index in [1.165, 1.54) is 0 Å². The summed E-state index contributed by atoms with van der Waals surface area (Å²) in [5.74, 6) is 0. The van der Waals surface area contributed by atoms with E-state index in [0.717, 1.165) is 11.8 Å². The molecule has 1 atom stereocenters. The quantitative estimate of drug-likeness (QED) is 0.526. The molecule has 0 N–H and O–H groups in total. The van der Waals surface area contributed by atoms with Crippen LogP contribution in [0.3, 0.4) is 0 Å². The van der Waals surface area contributed by atoms with Crippen molar-refractivity contribution in [1.82, 2.24) is 0 Å². The fourth-order valence-electron chi connectivity index (χ4n) is 0.356. The predicted octanol–water partition coefficient (Wildman–Crippen LogP) is 3.11. The minimum atomic E-state index is 0.203. The monoisotopic (exact) mass is 240 g/mol. The summed E-state index contributed by atoms with van der Waals surface area (Å²) in [4.78, 5) is 0. The number of allylic oxidation sites excluding steroid dienone is 1. The molecule has 0 aliphatic carbocycles. The van der Waals surface area contributed by atoms with Gasteiger partial charge in [0, 0.05) is 9.65 Å². The number of hydrogen-bond acceptors (Lipinski definition) is 0. The van der Waals surface area contributed by atoms with Crippen molar-refractivity contribution >= 4 is 31.9 Å². The van der Waals surface area contributed by atoms with Gasteiger partial charge in [-0.25, -0.2) is 0 Å². The minimum Gasteiger partial charge on any atom is -0.103 e. The summed E-state index contributed by atoms with van der Waals surface area (Å²) in [6, 6.07) is 0. The molecule has 0 rings (SSSR count). The molecule has 0 spiro atoms. The van der Waals surface area contributed by atoms with Gasteiger partial charge in [-0.1, -0.05) is 37.9 Å². The molecule has 0 amide bonds. The van der Waals surface area contributed by atoms with E-state index in [-0.39, 0.29) is 4.32 Å². The van der Waals surface area contributed by atoms with Crippen molar-refractivity contribution in [2.24, 2.45) is 0 Å². The molecule has 0 aliphatic rings. The van der Waals surface area contributed by atoms with Gasteiger partial charge in [0.25, 0.3) is 0 Å². The standard InChI is InChI=1S/C6H10Br2/c1-3-4-6(2,8)5-7/h3H,1,4-5H2,2H3. The molecule has 48 valence electrons. The Kier molecular flexibility index (Phi) is 4.00. The average Bonchev–Trinajstić information content (AvgIpc) is 1.67. The summed E-state index contributed by atoms with van der Waals surface area (Å²) in [7, 11) is 0. The fraction of sp³-hybridized carbons (Fsp3) is 0.667. The molecule has 0 aromatic carbocycles. The van der Waals surface area contributed by atoms with E-state index >= 15 is 0 Å². The van der Waals surface area contributed by atoms with E-state index in [2.05, 4.69) is 45.4 Å². The number of rotatable bonds is 3. The van der Waals surface area contributed by atoms with Crippen molar-refractivity contribution in [3.05, 3.63) is 12.7 Å². The highest BCUT2D eigenvalue weighted by Crippen LogP contribution is 2.23. The van der Waals surface area contributed by atoms with Crippen LogP contribution in [-0.4, -0.2) is 9.65 Å². The molecule has 0 aromatic rings. The first-order chi connectivity index (χ1) is 3.62. The smallest absolute Gasteiger partial charge is 0.0360 e. The van der Waals surface area contributed by atoms with Gasteiger partial charge in [0.05, 0.1) is 0 Å². The van der Waals surface area contributed by atoms with Crippen LogP contribution in [0.1, 0.15) is 13.3 Å². The molecule has 0 nitrogen and oxygen atoms in total. The maximum absolute atomic E-state index is 3.64. The first-order valence-corrected chi connectivity index (χ1v) is 4.39. The number of halogens is 2. The van der Waals surface area contributed by atoms with Crippen LogP contribution in [0.5, 0.6) is 0 Å². The van der Waals surface area contributed by atoms with Gasteiger partial charge in [-0.05, 0) is 13.3 Å². The maximum Gasteiger partial charge on any atom is 0.0360 e. The van der Waals surface area contributed by atoms with Crippen LogP contribution >= 0.6 is 31.9 Å². The van der Waals surface area contributed by atoms with Gasteiger partial charge in [-0.15, -0.1) is 6.58 Å². The van der Waals surface area contributed by atoms with Gasteiger partial charge >= 0.3 is 0 Å². The topological polar surface area (TPSA) is 0 Å². The zero-order valence-electron chi connectivity index (χ0n) is 4.95. The second-order valence-electron chi connectivity index (χ2n) is 2.04. The maximum atomic E-state index is 3.64. The lowest BCUT2D eigenvalue weighted by molar-refractivity contribution is 0.762. The van der Waals surface area contributed by atoms with Crippen molar-refractivity contribution in [1.29, 1.82) is 0 Å². The lowest BCUT2D eigenvalue weighted by atomic mass is 10.1. The van der Waals surface area contributed by atoms with Gasteiger partial charge in [-0.2, -0.15) is 0 Å². The molecule has 0 aromatic heterocycles. The third kappa shape index (κ3) is 3.67. The zero-order chi connectivity index (χ0) is 6.62. The fourth-order valence-corrected chi connectivity index (χ4v) is 0.813. The molecule has 1 unspecified atom stereocenters. The Bertz CT molecular complexity index is 76.6. The third-order valence-corrected chi connectivity index (χ3v) is 3.44. The van der Waals surface area contributed by atoms with E-state index in [9.17, 15) is 0 Å². The Morgan fingerprint density at radius 3 is 2.38 bits per heavy atom. The van der Waals surface area contributed by atoms with Crippen LogP contribution in [-0.2, 0) is 0 Å². The number of alkyl halides is 2.